The Kier molecular flexibility index (Phi) is 8.12. The van der Waals surface area contributed by atoms with E-state index < -0.39 is 0 Å². The second kappa shape index (κ2) is 11.7. The fourth-order valence-corrected chi connectivity index (χ4v) is 5.68. The summed E-state index contributed by atoms with van der Waals surface area (Å²) in [6.45, 7) is 0. The van der Waals surface area contributed by atoms with Crippen molar-refractivity contribution in [2.45, 2.75) is 11.6 Å². The minimum absolute atomic E-state index is 0.134. The van der Waals surface area contributed by atoms with Crippen molar-refractivity contribution in [2.75, 3.05) is 11.1 Å². The van der Waals surface area contributed by atoms with Crippen LogP contribution in [0.25, 0.3) is 17.1 Å². The van der Waals surface area contributed by atoms with Gasteiger partial charge in [0.05, 0.1) is 15.8 Å². The molecule has 5 rings (SSSR count). The molecule has 6 nitrogen and oxygen atoms in total. The summed E-state index contributed by atoms with van der Waals surface area (Å²) in [6.07, 6.45) is 2.31. The third kappa shape index (κ3) is 6.17. The highest BCUT2D eigenvalue weighted by Crippen LogP contribution is 2.31. The van der Waals surface area contributed by atoms with Crippen LogP contribution in [0.15, 0.2) is 84.1 Å². The topological polar surface area (TPSA) is 72.7 Å². The molecule has 186 valence electrons. The first-order valence-corrected chi connectivity index (χ1v) is 14.0. The Bertz CT molecular complexity index is 1540. The summed E-state index contributed by atoms with van der Waals surface area (Å²) in [6, 6.07) is 22.7. The average Bonchev–Trinajstić information content (AvgIpc) is 3.53. The van der Waals surface area contributed by atoms with Gasteiger partial charge in [-0.15, -0.1) is 21.5 Å². The van der Waals surface area contributed by atoms with Crippen LogP contribution in [0.4, 0.5) is 5.13 Å². The van der Waals surface area contributed by atoms with Crippen LogP contribution in [-0.4, -0.2) is 31.4 Å². The van der Waals surface area contributed by atoms with Crippen molar-refractivity contribution < 1.29 is 4.79 Å². The Morgan fingerprint density at radius 1 is 0.946 bits per heavy atom. The normalized spacial score (nSPS) is 11.0. The Hall–Kier alpha value is -2.88. The molecule has 2 heterocycles. The number of thiazole rings is 1. The van der Waals surface area contributed by atoms with Gasteiger partial charge < -0.3 is 5.32 Å². The van der Waals surface area contributed by atoms with Crippen LogP contribution >= 0.6 is 57.9 Å². The molecular weight excluding hydrogens is 569 g/mol. The van der Waals surface area contributed by atoms with Crippen molar-refractivity contribution in [1.82, 2.24) is 19.7 Å². The highest BCUT2D eigenvalue weighted by molar-refractivity contribution is 7.99. The number of anilines is 1. The Morgan fingerprint density at radius 2 is 1.73 bits per heavy atom. The van der Waals surface area contributed by atoms with E-state index in [0.29, 0.717) is 37.6 Å². The van der Waals surface area contributed by atoms with Crippen LogP contribution < -0.4 is 5.32 Å². The number of aromatic nitrogens is 4. The van der Waals surface area contributed by atoms with Crippen LogP contribution in [0.5, 0.6) is 0 Å². The number of thioether (sulfide) groups is 1. The van der Waals surface area contributed by atoms with Crippen molar-refractivity contribution in [3.8, 4) is 17.1 Å². The number of hydrogen-bond donors (Lipinski definition) is 1. The summed E-state index contributed by atoms with van der Waals surface area (Å²) < 4.78 is 1.92. The van der Waals surface area contributed by atoms with Gasteiger partial charge >= 0.3 is 0 Å². The summed E-state index contributed by atoms with van der Waals surface area (Å²) in [5, 5.41) is 14.4. The van der Waals surface area contributed by atoms with Crippen LogP contribution in [0.3, 0.4) is 0 Å². The van der Waals surface area contributed by atoms with Gasteiger partial charge in [-0.05, 0) is 35.9 Å². The zero-order chi connectivity index (χ0) is 25.8. The smallest absolute Gasteiger partial charge is 0.236 e. The number of carbonyl (C=O) groups is 1. The maximum absolute atomic E-state index is 12.7. The predicted octanol–water partition coefficient (Wildman–Crippen LogP) is 7.67. The van der Waals surface area contributed by atoms with E-state index in [2.05, 4.69) is 20.5 Å². The number of benzene rings is 3. The van der Waals surface area contributed by atoms with Crippen molar-refractivity contribution >= 4 is 68.9 Å². The summed E-state index contributed by atoms with van der Waals surface area (Å²) in [4.78, 5) is 18.0. The van der Waals surface area contributed by atoms with Gasteiger partial charge in [0.1, 0.15) is 0 Å². The molecule has 0 radical (unpaired) electrons. The SMILES string of the molecule is O=C(CSc1nnc(-c2ccccc2)n1-c1ccc(Cl)cc1)Nc1ncc(Cc2cccc(Cl)c2Cl)s1. The summed E-state index contributed by atoms with van der Waals surface area (Å²) >= 11 is 21.2. The lowest BCUT2D eigenvalue weighted by Gasteiger charge is -2.10. The van der Waals surface area contributed by atoms with Gasteiger partial charge in [0.25, 0.3) is 0 Å². The second-order valence-electron chi connectivity index (χ2n) is 7.84. The molecular formula is C26H18Cl3N5OS2. The van der Waals surface area contributed by atoms with E-state index in [1.54, 1.807) is 12.3 Å². The van der Waals surface area contributed by atoms with Crippen LogP contribution in [0.2, 0.25) is 15.1 Å². The molecule has 0 aliphatic rings. The lowest BCUT2D eigenvalue weighted by molar-refractivity contribution is -0.113. The number of carbonyl (C=O) groups excluding carboxylic acids is 1. The molecule has 11 heteroatoms. The third-order valence-corrected chi connectivity index (χ3v) is 8.23. The molecule has 0 saturated carbocycles. The predicted molar refractivity (Wildman–Crippen MR) is 153 cm³/mol. The first kappa shape index (κ1) is 25.8. The largest absolute Gasteiger partial charge is 0.301 e. The van der Waals surface area contributed by atoms with Crippen molar-refractivity contribution in [3.05, 3.63) is 105 Å². The average molecular weight is 587 g/mol. The van der Waals surface area contributed by atoms with Crippen molar-refractivity contribution in [1.29, 1.82) is 0 Å². The van der Waals surface area contributed by atoms with Gasteiger partial charge in [0.15, 0.2) is 16.1 Å². The number of halogens is 3. The van der Waals surface area contributed by atoms with Gasteiger partial charge in [-0.25, -0.2) is 4.98 Å². The number of nitrogens with one attached hydrogen (secondary N) is 1. The molecule has 37 heavy (non-hydrogen) atoms. The van der Waals surface area contributed by atoms with E-state index in [0.717, 1.165) is 21.7 Å². The molecule has 0 atom stereocenters. The molecule has 3 aromatic carbocycles. The molecule has 5 aromatic rings. The van der Waals surface area contributed by atoms with Crippen LogP contribution in [-0.2, 0) is 11.2 Å². The highest BCUT2D eigenvalue weighted by Gasteiger charge is 2.18. The van der Waals surface area contributed by atoms with E-state index in [-0.39, 0.29) is 11.7 Å². The van der Waals surface area contributed by atoms with Crippen LogP contribution in [0, 0.1) is 0 Å². The van der Waals surface area contributed by atoms with Crippen molar-refractivity contribution in [3.63, 3.8) is 0 Å². The lowest BCUT2D eigenvalue weighted by atomic mass is 10.1. The van der Waals surface area contributed by atoms with E-state index in [4.69, 9.17) is 34.8 Å². The zero-order valence-electron chi connectivity index (χ0n) is 19.1. The summed E-state index contributed by atoms with van der Waals surface area (Å²) in [7, 11) is 0. The fourth-order valence-electron chi connectivity index (χ4n) is 3.57. The standard InChI is InChI=1S/C26H18Cl3N5OS2/c27-18-9-11-19(12-10-18)34-24(16-5-2-1-3-6-16)32-33-26(34)36-15-22(35)31-25-30-14-20(37-25)13-17-7-4-8-21(28)23(17)29/h1-12,14H,13,15H2,(H,30,31,35). The first-order valence-electron chi connectivity index (χ1n) is 11.0. The monoisotopic (exact) mass is 585 g/mol. The lowest BCUT2D eigenvalue weighted by Crippen LogP contribution is -2.14. The van der Waals surface area contributed by atoms with E-state index >= 15 is 0 Å². The first-order chi connectivity index (χ1) is 18.0. The molecule has 0 aliphatic carbocycles. The van der Waals surface area contributed by atoms with Crippen LogP contribution in [0.1, 0.15) is 10.4 Å². The van der Waals surface area contributed by atoms with Crippen molar-refractivity contribution in [2.24, 2.45) is 0 Å². The molecule has 0 fully saturated rings. The maximum Gasteiger partial charge on any atom is 0.236 e. The van der Waals surface area contributed by atoms with E-state index in [1.165, 1.54) is 23.1 Å². The molecule has 0 bridgehead atoms. The van der Waals surface area contributed by atoms with Gasteiger partial charge in [0, 0.05) is 33.8 Å². The summed E-state index contributed by atoms with van der Waals surface area (Å²) in [5.41, 5.74) is 2.67. The molecule has 0 unspecified atom stereocenters. The highest BCUT2D eigenvalue weighted by atomic mass is 35.5. The van der Waals surface area contributed by atoms with Gasteiger partial charge in [-0.2, -0.15) is 0 Å². The minimum Gasteiger partial charge on any atom is -0.301 e. The van der Waals surface area contributed by atoms with E-state index in [9.17, 15) is 4.79 Å². The Labute approximate surface area is 236 Å². The maximum atomic E-state index is 12.7. The third-order valence-electron chi connectivity index (χ3n) is 5.28. The Balaban J connectivity index is 1.29. The number of amides is 1. The van der Waals surface area contributed by atoms with Gasteiger partial charge in [-0.1, -0.05) is 89.0 Å². The molecule has 0 aliphatic heterocycles. The minimum atomic E-state index is -0.196. The fraction of sp³-hybridized carbons (Fsp3) is 0.0769. The number of nitrogens with zero attached hydrogens (tertiary/aromatic N) is 4. The number of rotatable bonds is 8. The summed E-state index contributed by atoms with van der Waals surface area (Å²) in [5.74, 6) is 0.615. The molecule has 0 saturated heterocycles. The quantitative estimate of drug-likeness (QED) is 0.189. The molecule has 1 N–H and O–H groups in total. The van der Waals surface area contributed by atoms with Gasteiger partial charge in [0.2, 0.25) is 5.91 Å². The number of hydrogen-bond acceptors (Lipinski definition) is 6. The molecule has 2 aromatic heterocycles. The zero-order valence-corrected chi connectivity index (χ0v) is 23.0. The second-order valence-corrected chi connectivity index (χ2v) is 11.1. The molecule has 1 amide bonds. The van der Waals surface area contributed by atoms with E-state index in [1.807, 2.05) is 71.3 Å². The van der Waals surface area contributed by atoms with Gasteiger partial charge in [-0.3, -0.25) is 9.36 Å². The molecule has 0 spiro atoms. The Morgan fingerprint density at radius 3 is 2.51 bits per heavy atom.